The molecule has 1 aromatic heterocycles. The monoisotopic (exact) mass is 304 g/mol. The third-order valence-electron chi connectivity index (χ3n) is 4.87. The fourth-order valence-electron chi connectivity index (χ4n) is 3.41. The summed E-state index contributed by atoms with van der Waals surface area (Å²) in [6, 6.07) is 3.95. The van der Waals surface area contributed by atoms with Crippen molar-refractivity contribution in [2.75, 3.05) is 6.54 Å². The number of carbonyl (C=O) groups is 2. The van der Waals surface area contributed by atoms with Gasteiger partial charge in [-0.05, 0) is 43.7 Å². The van der Waals surface area contributed by atoms with Crippen LogP contribution in [-0.2, 0) is 16.1 Å². The van der Waals surface area contributed by atoms with Gasteiger partial charge < -0.3 is 14.6 Å². The molecule has 0 spiro atoms. The lowest BCUT2D eigenvalue weighted by Crippen LogP contribution is -2.41. The van der Waals surface area contributed by atoms with Gasteiger partial charge in [-0.25, -0.2) is 0 Å². The molecule has 1 aromatic rings. The van der Waals surface area contributed by atoms with Crippen molar-refractivity contribution < 1.29 is 14.0 Å². The van der Waals surface area contributed by atoms with E-state index in [1.54, 1.807) is 11.2 Å². The van der Waals surface area contributed by atoms with Crippen molar-refractivity contribution >= 4 is 11.8 Å². The number of nitrogens with zero attached hydrogens (tertiary/aromatic N) is 1. The molecule has 120 valence electrons. The molecule has 2 amide bonds. The van der Waals surface area contributed by atoms with E-state index in [4.69, 9.17) is 4.42 Å². The Labute approximate surface area is 131 Å². The summed E-state index contributed by atoms with van der Waals surface area (Å²) in [7, 11) is 0. The molecule has 2 aliphatic rings. The van der Waals surface area contributed by atoms with Gasteiger partial charge in [-0.15, -0.1) is 0 Å². The van der Waals surface area contributed by atoms with Crippen LogP contribution >= 0.6 is 0 Å². The minimum absolute atomic E-state index is 0.0359. The van der Waals surface area contributed by atoms with Crippen molar-refractivity contribution in [2.24, 2.45) is 11.8 Å². The fourth-order valence-corrected chi connectivity index (χ4v) is 3.41. The van der Waals surface area contributed by atoms with Crippen LogP contribution in [0.2, 0.25) is 0 Å². The van der Waals surface area contributed by atoms with Crippen LogP contribution in [0.4, 0.5) is 0 Å². The number of carbonyl (C=O) groups excluding carboxylic acids is 2. The lowest BCUT2D eigenvalue weighted by atomic mass is 9.87. The standard InChI is InChI=1S/C17H24N2O3/c1-12-4-6-14(7-5-12)18-17(21)13-9-16(20)19(10-13)11-15-3-2-8-22-15/h2-3,8,12-14H,4-7,9-11H2,1H3,(H,18,21). The first-order chi connectivity index (χ1) is 10.6. The van der Waals surface area contributed by atoms with Crippen LogP contribution in [0, 0.1) is 11.8 Å². The highest BCUT2D eigenvalue weighted by Gasteiger charge is 2.35. The van der Waals surface area contributed by atoms with Crippen molar-refractivity contribution in [1.82, 2.24) is 10.2 Å². The molecule has 0 radical (unpaired) electrons. The Balaban J connectivity index is 1.50. The van der Waals surface area contributed by atoms with E-state index >= 15 is 0 Å². The smallest absolute Gasteiger partial charge is 0.225 e. The molecule has 2 fully saturated rings. The molecule has 0 aromatic carbocycles. The first-order valence-corrected chi connectivity index (χ1v) is 8.22. The zero-order valence-electron chi connectivity index (χ0n) is 13.1. The van der Waals surface area contributed by atoms with Crippen LogP contribution in [0.25, 0.3) is 0 Å². The average molecular weight is 304 g/mol. The summed E-state index contributed by atoms with van der Waals surface area (Å²) in [4.78, 5) is 26.1. The van der Waals surface area contributed by atoms with Crippen LogP contribution in [0.5, 0.6) is 0 Å². The number of hydrogen-bond donors (Lipinski definition) is 1. The second kappa shape index (κ2) is 6.55. The molecule has 0 bridgehead atoms. The summed E-state index contributed by atoms with van der Waals surface area (Å²) in [5, 5.41) is 3.14. The molecule has 1 aliphatic heterocycles. The van der Waals surface area contributed by atoms with E-state index in [9.17, 15) is 9.59 Å². The summed E-state index contributed by atoms with van der Waals surface area (Å²) in [5.74, 6) is 1.38. The highest BCUT2D eigenvalue weighted by atomic mass is 16.3. The summed E-state index contributed by atoms with van der Waals surface area (Å²) in [6.45, 7) is 3.21. The molecule has 1 unspecified atom stereocenters. The molecule has 1 N–H and O–H groups in total. The number of amides is 2. The Bertz CT molecular complexity index is 518. The lowest BCUT2D eigenvalue weighted by Gasteiger charge is -2.27. The van der Waals surface area contributed by atoms with E-state index in [-0.39, 0.29) is 23.8 Å². The molecular weight excluding hydrogens is 280 g/mol. The highest BCUT2D eigenvalue weighted by Crippen LogP contribution is 2.25. The van der Waals surface area contributed by atoms with Gasteiger partial charge in [-0.3, -0.25) is 9.59 Å². The van der Waals surface area contributed by atoms with E-state index in [2.05, 4.69) is 12.2 Å². The third-order valence-corrected chi connectivity index (χ3v) is 4.87. The third kappa shape index (κ3) is 3.51. The Kier molecular flexibility index (Phi) is 4.50. The Hall–Kier alpha value is -1.78. The van der Waals surface area contributed by atoms with Crippen LogP contribution < -0.4 is 5.32 Å². The predicted molar refractivity (Wildman–Crippen MR) is 81.8 cm³/mol. The Morgan fingerprint density at radius 3 is 2.82 bits per heavy atom. The molecule has 1 saturated heterocycles. The van der Waals surface area contributed by atoms with Crippen molar-refractivity contribution in [1.29, 1.82) is 0 Å². The van der Waals surface area contributed by atoms with Crippen LogP contribution in [0.3, 0.4) is 0 Å². The quantitative estimate of drug-likeness (QED) is 0.928. The van der Waals surface area contributed by atoms with Crippen molar-refractivity contribution in [2.45, 2.75) is 51.6 Å². The van der Waals surface area contributed by atoms with Gasteiger partial charge in [-0.2, -0.15) is 0 Å². The lowest BCUT2D eigenvalue weighted by molar-refractivity contribution is -0.129. The SMILES string of the molecule is CC1CCC(NC(=O)C2CC(=O)N(Cc3ccco3)C2)CC1. The van der Waals surface area contributed by atoms with Gasteiger partial charge in [0.2, 0.25) is 11.8 Å². The summed E-state index contributed by atoms with van der Waals surface area (Å²) >= 11 is 0. The van der Waals surface area contributed by atoms with Gasteiger partial charge in [0, 0.05) is 19.0 Å². The number of nitrogens with one attached hydrogen (secondary N) is 1. The first-order valence-electron chi connectivity index (χ1n) is 8.22. The van der Waals surface area contributed by atoms with E-state index in [1.165, 1.54) is 12.8 Å². The zero-order valence-corrected chi connectivity index (χ0v) is 13.1. The van der Waals surface area contributed by atoms with Crippen molar-refractivity contribution in [3.05, 3.63) is 24.2 Å². The van der Waals surface area contributed by atoms with Crippen LogP contribution in [0.1, 0.15) is 44.8 Å². The van der Waals surface area contributed by atoms with E-state index < -0.39 is 0 Å². The molecule has 5 heteroatoms. The molecule has 1 atom stereocenters. The first kappa shape index (κ1) is 15.1. The molecular formula is C17H24N2O3. The molecule has 3 rings (SSSR count). The maximum absolute atomic E-state index is 12.4. The predicted octanol–water partition coefficient (Wildman–Crippen LogP) is 2.32. The number of likely N-dealkylation sites (tertiary alicyclic amines) is 1. The summed E-state index contributed by atoms with van der Waals surface area (Å²) in [5.41, 5.74) is 0. The second-order valence-corrected chi connectivity index (χ2v) is 6.72. The fraction of sp³-hybridized carbons (Fsp3) is 0.647. The second-order valence-electron chi connectivity index (χ2n) is 6.72. The van der Waals surface area contributed by atoms with E-state index in [1.807, 2.05) is 12.1 Å². The van der Waals surface area contributed by atoms with Crippen LogP contribution in [-0.4, -0.2) is 29.3 Å². The van der Waals surface area contributed by atoms with Gasteiger partial charge in [0.25, 0.3) is 0 Å². The average Bonchev–Trinajstić information content (AvgIpc) is 3.13. The molecule has 2 heterocycles. The zero-order chi connectivity index (χ0) is 15.5. The largest absolute Gasteiger partial charge is 0.467 e. The normalized spacial score (nSPS) is 28.9. The highest BCUT2D eigenvalue weighted by molar-refractivity contribution is 5.89. The topological polar surface area (TPSA) is 62.6 Å². The van der Waals surface area contributed by atoms with Gasteiger partial charge >= 0.3 is 0 Å². The Morgan fingerprint density at radius 1 is 1.36 bits per heavy atom. The van der Waals surface area contributed by atoms with Gasteiger partial charge in [0.1, 0.15) is 5.76 Å². The minimum Gasteiger partial charge on any atom is -0.467 e. The molecule has 5 nitrogen and oxygen atoms in total. The minimum atomic E-state index is -0.221. The van der Waals surface area contributed by atoms with Crippen molar-refractivity contribution in [3.8, 4) is 0 Å². The number of hydrogen-bond acceptors (Lipinski definition) is 3. The number of rotatable bonds is 4. The van der Waals surface area contributed by atoms with E-state index in [0.29, 0.717) is 19.5 Å². The van der Waals surface area contributed by atoms with Crippen molar-refractivity contribution in [3.63, 3.8) is 0 Å². The summed E-state index contributed by atoms with van der Waals surface area (Å²) in [6.07, 6.45) is 6.39. The Morgan fingerprint density at radius 2 is 2.14 bits per heavy atom. The molecule has 1 saturated carbocycles. The number of furan rings is 1. The summed E-state index contributed by atoms with van der Waals surface area (Å²) < 4.78 is 5.28. The molecule has 1 aliphatic carbocycles. The van der Waals surface area contributed by atoms with Crippen LogP contribution in [0.15, 0.2) is 22.8 Å². The van der Waals surface area contributed by atoms with Gasteiger partial charge in [0.05, 0.1) is 18.7 Å². The maximum atomic E-state index is 12.4. The van der Waals surface area contributed by atoms with E-state index in [0.717, 1.165) is 24.5 Å². The molecule has 22 heavy (non-hydrogen) atoms. The van der Waals surface area contributed by atoms with Gasteiger partial charge in [-0.1, -0.05) is 6.92 Å². The van der Waals surface area contributed by atoms with Gasteiger partial charge in [0.15, 0.2) is 0 Å². The maximum Gasteiger partial charge on any atom is 0.225 e.